The van der Waals surface area contributed by atoms with Crippen molar-refractivity contribution >= 4 is 22.1 Å². The fourth-order valence-corrected chi connectivity index (χ4v) is 1.59. The Labute approximate surface area is 78.9 Å². The van der Waals surface area contributed by atoms with Crippen LogP contribution in [0.1, 0.15) is 0 Å². The fraction of sp³-hybridized carbons (Fsp3) is 0. The number of hydrogen-bond donors (Lipinski definition) is 0. The largest absolute Gasteiger partial charge is 0.277 e. The Morgan fingerprint density at radius 1 is 1.00 bits per heavy atom. The first kappa shape index (κ1) is 7.32. The van der Waals surface area contributed by atoms with Crippen molar-refractivity contribution in [2.24, 2.45) is 10.2 Å². The number of hydrogen-bond acceptors (Lipinski definition) is 4. The van der Waals surface area contributed by atoms with Gasteiger partial charge in [0.2, 0.25) is 0 Å². The number of aromatic nitrogens is 1. The number of azo groups is 1. The van der Waals surface area contributed by atoms with Crippen LogP contribution >= 0.6 is 0 Å². The Morgan fingerprint density at radius 2 is 1.79 bits per heavy atom. The minimum atomic E-state index is -0.236. The van der Waals surface area contributed by atoms with E-state index in [0.717, 1.165) is 11.1 Å². The second kappa shape index (κ2) is 2.45. The van der Waals surface area contributed by atoms with Gasteiger partial charge in [-0.05, 0) is 18.2 Å². The first-order chi connectivity index (χ1) is 6.86. The summed E-state index contributed by atoms with van der Waals surface area (Å²) >= 11 is 0. The molecule has 0 spiro atoms. The van der Waals surface area contributed by atoms with E-state index in [1.165, 1.54) is 6.20 Å². The van der Waals surface area contributed by atoms with Crippen LogP contribution in [-0.4, -0.2) is 4.98 Å². The van der Waals surface area contributed by atoms with Crippen molar-refractivity contribution in [2.75, 3.05) is 0 Å². The minimum Gasteiger partial charge on any atom is -0.267 e. The molecule has 0 saturated carbocycles. The Morgan fingerprint density at radius 3 is 2.64 bits per heavy atom. The van der Waals surface area contributed by atoms with E-state index >= 15 is 0 Å². The Balaban J connectivity index is 2.72. The van der Waals surface area contributed by atoms with Gasteiger partial charge in [-0.25, -0.2) is 4.98 Å². The Kier molecular flexibility index (Phi) is 1.28. The second-order valence-electron chi connectivity index (χ2n) is 3.03. The van der Waals surface area contributed by atoms with E-state index in [2.05, 4.69) is 15.2 Å². The van der Waals surface area contributed by atoms with E-state index in [0.29, 0.717) is 11.1 Å². The molecule has 0 N–H and O–H groups in total. The molecule has 0 amide bonds. The first-order valence-electron chi connectivity index (χ1n) is 4.20. The summed E-state index contributed by atoms with van der Waals surface area (Å²) in [4.78, 5) is 15.3. The molecule has 2 aromatic rings. The highest BCUT2D eigenvalue weighted by molar-refractivity contribution is 6.01. The monoisotopic (exact) mass is 183 g/mol. The molecule has 1 aliphatic rings. The normalized spacial score (nSPS) is 12.3. The van der Waals surface area contributed by atoms with Crippen LogP contribution in [0.2, 0.25) is 0 Å². The van der Waals surface area contributed by atoms with E-state index in [1.54, 1.807) is 18.2 Å². The van der Waals surface area contributed by atoms with Crippen LogP contribution < -0.4 is 5.56 Å². The van der Waals surface area contributed by atoms with Gasteiger partial charge in [0.1, 0.15) is 0 Å². The zero-order chi connectivity index (χ0) is 9.54. The molecule has 0 bridgehead atoms. The topological polar surface area (TPSA) is 54.7 Å². The van der Waals surface area contributed by atoms with E-state index in [1.807, 2.05) is 6.07 Å². The number of benzene rings is 1. The molecule has 14 heavy (non-hydrogen) atoms. The fourth-order valence-electron chi connectivity index (χ4n) is 1.59. The van der Waals surface area contributed by atoms with Gasteiger partial charge in [-0.2, -0.15) is 0 Å². The molecule has 0 radical (unpaired) electrons. The van der Waals surface area contributed by atoms with Crippen LogP contribution in [0.5, 0.6) is 0 Å². The number of nitrogens with zero attached hydrogens (tertiary/aromatic N) is 3. The van der Waals surface area contributed by atoms with Crippen molar-refractivity contribution in [2.45, 2.75) is 0 Å². The van der Waals surface area contributed by atoms with Gasteiger partial charge in [-0.3, -0.25) is 4.79 Å². The lowest BCUT2D eigenvalue weighted by Gasteiger charge is -1.90. The lowest BCUT2D eigenvalue weighted by atomic mass is 10.1. The molecule has 3 rings (SSSR count). The quantitative estimate of drug-likeness (QED) is 0.537. The minimum absolute atomic E-state index is 0.236. The standard InChI is InChI=1S/C10H5N3O/c14-10-6-2-1-3-7-9(6)8(13-12-7)4-5-11-10/h1-5H. The SMILES string of the molecule is O=c1nccc2c3c(cccc13)N=N2. The van der Waals surface area contributed by atoms with Crippen LogP contribution in [0, 0.1) is 0 Å². The molecule has 1 aromatic heterocycles. The van der Waals surface area contributed by atoms with E-state index in [4.69, 9.17) is 0 Å². The zero-order valence-electron chi connectivity index (χ0n) is 7.14. The summed E-state index contributed by atoms with van der Waals surface area (Å²) < 4.78 is 0. The Bertz CT molecular complexity index is 619. The van der Waals surface area contributed by atoms with Gasteiger partial charge in [0.25, 0.3) is 5.56 Å². The van der Waals surface area contributed by atoms with Gasteiger partial charge < -0.3 is 0 Å². The van der Waals surface area contributed by atoms with Crippen LogP contribution in [-0.2, 0) is 0 Å². The van der Waals surface area contributed by atoms with Gasteiger partial charge >= 0.3 is 0 Å². The van der Waals surface area contributed by atoms with Crippen molar-refractivity contribution in [3.8, 4) is 0 Å². The molecule has 0 aliphatic carbocycles. The van der Waals surface area contributed by atoms with Crippen molar-refractivity contribution in [3.05, 3.63) is 40.8 Å². The smallest absolute Gasteiger partial charge is 0.267 e. The third kappa shape index (κ3) is 0.821. The summed E-state index contributed by atoms with van der Waals surface area (Å²) in [6.07, 6.45) is 1.46. The summed E-state index contributed by atoms with van der Waals surface area (Å²) in [7, 11) is 0. The summed E-state index contributed by atoms with van der Waals surface area (Å²) in [5.74, 6) is 0. The molecule has 2 heterocycles. The highest BCUT2D eigenvalue weighted by Gasteiger charge is 2.11. The maximum absolute atomic E-state index is 11.5. The van der Waals surface area contributed by atoms with Crippen LogP contribution in [0.25, 0.3) is 10.8 Å². The molecule has 1 aliphatic heterocycles. The third-order valence-electron chi connectivity index (χ3n) is 2.22. The van der Waals surface area contributed by atoms with E-state index < -0.39 is 0 Å². The molecule has 0 atom stereocenters. The van der Waals surface area contributed by atoms with Crippen molar-refractivity contribution in [3.63, 3.8) is 0 Å². The van der Waals surface area contributed by atoms with Gasteiger partial charge in [-0.15, -0.1) is 10.2 Å². The summed E-state index contributed by atoms with van der Waals surface area (Å²) in [5.41, 5.74) is 1.22. The lowest BCUT2D eigenvalue weighted by molar-refractivity contribution is 1.27. The molecule has 0 fully saturated rings. The average Bonchev–Trinajstić information content (AvgIpc) is 2.53. The van der Waals surface area contributed by atoms with Crippen molar-refractivity contribution in [1.82, 2.24) is 4.98 Å². The maximum Gasteiger partial charge on any atom is 0.277 e. The van der Waals surface area contributed by atoms with Gasteiger partial charge in [-0.1, -0.05) is 6.07 Å². The highest BCUT2D eigenvalue weighted by Crippen LogP contribution is 2.37. The third-order valence-corrected chi connectivity index (χ3v) is 2.22. The van der Waals surface area contributed by atoms with Crippen molar-refractivity contribution in [1.29, 1.82) is 0 Å². The van der Waals surface area contributed by atoms with Gasteiger partial charge in [0.15, 0.2) is 0 Å². The molecule has 0 unspecified atom stereocenters. The predicted molar refractivity (Wildman–Crippen MR) is 52.2 cm³/mol. The summed E-state index contributed by atoms with van der Waals surface area (Å²) in [6.45, 7) is 0. The molecule has 4 heteroatoms. The van der Waals surface area contributed by atoms with Crippen molar-refractivity contribution < 1.29 is 0 Å². The van der Waals surface area contributed by atoms with Crippen LogP contribution in [0.3, 0.4) is 0 Å². The average molecular weight is 183 g/mol. The number of rotatable bonds is 0. The molecule has 66 valence electrons. The molecule has 4 nitrogen and oxygen atoms in total. The molecular weight excluding hydrogens is 178 g/mol. The zero-order valence-corrected chi connectivity index (χ0v) is 7.14. The molecule has 1 aromatic carbocycles. The van der Waals surface area contributed by atoms with Gasteiger partial charge in [0, 0.05) is 11.6 Å². The first-order valence-corrected chi connectivity index (χ1v) is 4.20. The lowest BCUT2D eigenvalue weighted by Crippen LogP contribution is -2.00. The van der Waals surface area contributed by atoms with Crippen LogP contribution in [0.4, 0.5) is 11.4 Å². The Hall–Kier alpha value is -2.10. The van der Waals surface area contributed by atoms with E-state index in [9.17, 15) is 4.79 Å². The van der Waals surface area contributed by atoms with Crippen LogP contribution in [0.15, 0.2) is 45.5 Å². The van der Waals surface area contributed by atoms with E-state index in [-0.39, 0.29) is 5.56 Å². The molecular formula is C10H5N3O. The summed E-state index contributed by atoms with van der Waals surface area (Å²) in [6, 6.07) is 7.06. The predicted octanol–water partition coefficient (Wildman–Crippen LogP) is 2.32. The maximum atomic E-state index is 11.5. The second-order valence-corrected chi connectivity index (χ2v) is 3.03. The summed E-state index contributed by atoms with van der Waals surface area (Å²) in [5, 5.41) is 9.32. The van der Waals surface area contributed by atoms with Gasteiger partial charge in [0.05, 0.1) is 16.8 Å². The molecule has 0 saturated heterocycles. The highest BCUT2D eigenvalue weighted by atomic mass is 16.1.